The average molecular weight is 415 g/mol. The van der Waals surface area contributed by atoms with E-state index in [9.17, 15) is 4.79 Å². The van der Waals surface area contributed by atoms with Crippen molar-refractivity contribution >= 4 is 17.8 Å². The molecule has 0 saturated carbocycles. The topological polar surface area (TPSA) is 77.9 Å². The molecule has 5 heteroatoms. The molecular weight excluding hydrogens is 384 g/mol. The fourth-order valence-corrected chi connectivity index (χ4v) is 3.54. The Labute approximate surface area is 184 Å². The quantitative estimate of drug-likeness (QED) is 0.449. The Morgan fingerprint density at radius 1 is 1.06 bits per heavy atom. The number of nitrogens with one attached hydrogen (secondary N) is 3. The number of rotatable bonds is 8. The van der Waals surface area contributed by atoms with Crippen LogP contribution in [0.5, 0.6) is 0 Å². The summed E-state index contributed by atoms with van der Waals surface area (Å²) in [6.07, 6.45) is 3.83. The fraction of sp³-hybridized carbons (Fsp3) is 0.269. The number of aryl methyl sites for hydroxylation is 1. The van der Waals surface area contributed by atoms with Crippen molar-refractivity contribution in [2.24, 2.45) is 5.41 Å². The molecule has 0 bridgehead atoms. The van der Waals surface area contributed by atoms with E-state index in [1.807, 2.05) is 32.2 Å². The van der Waals surface area contributed by atoms with Crippen molar-refractivity contribution in [3.63, 3.8) is 0 Å². The molecule has 1 heterocycles. The normalized spacial score (nSPS) is 11.1. The summed E-state index contributed by atoms with van der Waals surface area (Å²) in [5.74, 6) is -0.0945. The molecule has 0 aliphatic heterocycles. The van der Waals surface area contributed by atoms with Crippen LogP contribution in [0.1, 0.15) is 41.0 Å². The van der Waals surface area contributed by atoms with Gasteiger partial charge in [0.05, 0.1) is 5.56 Å². The molecule has 0 atom stereocenters. The lowest BCUT2D eigenvalue weighted by atomic mass is 9.85. The third-order valence-electron chi connectivity index (χ3n) is 5.35. The van der Waals surface area contributed by atoms with Crippen molar-refractivity contribution in [1.82, 2.24) is 10.3 Å². The van der Waals surface area contributed by atoms with Crippen LogP contribution in [0.3, 0.4) is 0 Å². The van der Waals surface area contributed by atoms with Crippen LogP contribution in [0, 0.1) is 17.7 Å². The number of nitrogens with zero attached hydrogens (tertiary/aromatic N) is 1. The summed E-state index contributed by atoms with van der Waals surface area (Å²) >= 11 is 0. The van der Waals surface area contributed by atoms with Crippen LogP contribution in [0.15, 0.2) is 60.8 Å². The van der Waals surface area contributed by atoms with E-state index in [4.69, 9.17) is 5.41 Å². The predicted molar refractivity (Wildman–Crippen MR) is 128 cm³/mol. The fourth-order valence-electron chi connectivity index (χ4n) is 3.54. The van der Waals surface area contributed by atoms with Gasteiger partial charge in [0.25, 0.3) is 5.91 Å². The van der Waals surface area contributed by atoms with E-state index in [2.05, 4.69) is 59.8 Å². The monoisotopic (exact) mass is 414 g/mol. The Bertz CT molecular complexity index is 1050. The number of aromatic nitrogens is 1. The van der Waals surface area contributed by atoms with Gasteiger partial charge in [-0.15, -0.1) is 0 Å². The third kappa shape index (κ3) is 5.79. The molecule has 1 amide bonds. The first kappa shape index (κ1) is 22.2. The standard InChI is InChI=1S/C26H30N4O/c1-18-5-8-22(16-29-18)25(31)30-17-26(2,3)14-19-6-9-20(10-7-19)21-11-12-24(28-4)23(13-21)15-27/h5-13,15-16,27-28H,14,17H2,1-4H3,(H,30,31). The first-order chi connectivity index (χ1) is 14.8. The minimum Gasteiger partial charge on any atom is -0.388 e. The predicted octanol–water partition coefficient (Wildman–Crippen LogP) is 5.10. The summed E-state index contributed by atoms with van der Waals surface area (Å²) in [7, 11) is 1.86. The third-order valence-corrected chi connectivity index (χ3v) is 5.35. The average Bonchev–Trinajstić information content (AvgIpc) is 2.78. The molecule has 0 aliphatic carbocycles. The van der Waals surface area contributed by atoms with E-state index in [-0.39, 0.29) is 11.3 Å². The maximum Gasteiger partial charge on any atom is 0.252 e. The van der Waals surface area contributed by atoms with Gasteiger partial charge in [-0.3, -0.25) is 9.78 Å². The van der Waals surface area contributed by atoms with Gasteiger partial charge in [-0.2, -0.15) is 0 Å². The summed E-state index contributed by atoms with van der Waals surface area (Å²) < 4.78 is 0. The number of benzene rings is 2. The first-order valence-corrected chi connectivity index (χ1v) is 10.4. The van der Waals surface area contributed by atoms with E-state index in [1.165, 1.54) is 11.8 Å². The molecule has 0 aliphatic rings. The Hall–Kier alpha value is -3.47. The van der Waals surface area contributed by atoms with Crippen molar-refractivity contribution in [2.75, 3.05) is 18.9 Å². The van der Waals surface area contributed by atoms with E-state index in [0.717, 1.165) is 34.5 Å². The Morgan fingerprint density at radius 3 is 2.39 bits per heavy atom. The zero-order valence-corrected chi connectivity index (χ0v) is 18.6. The van der Waals surface area contributed by atoms with Crippen molar-refractivity contribution < 1.29 is 4.79 Å². The van der Waals surface area contributed by atoms with E-state index >= 15 is 0 Å². The molecule has 0 unspecified atom stereocenters. The summed E-state index contributed by atoms with van der Waals surface area (Å²) in [5, 5.41) is 13.8. The van der Waals surface area contributed by atoms with Gasteiger partial charge in [0.1, 0.15) is 0 Å². The maximum absolute atomic E-state index is 12.4. The van der Waals surface area contributed by atoms with Crippen LogP contribution in [-0.4, -0.2) is 30.7 Å². The van der Waals surface area contributed by atoms with Crippen molar-refractivity contribution in [3.05, 3.63) is 83.2 Å². The minimum atomic E-state index is -0.0945. The molecule has 1 aromatic heterocycles. The lowest BCUT2D eigenvalue weighted by Gasteiger charge is -2.25. The van der Waals surface area contributed by atoms with Gasteiger partial charge in [0, 0.05) is 42.9 Å². The molecule has 3 N–H and O–H groups in total. The largest absolute Gasteiger partial charge is 0.388 e. The van der Waals surface area contributed by atoms with Crippen LogP contribution >= 0.6 is 0 Å². The molecule has 3 rings (SSSR count). The van der Waals surface area contributed by atoms with Gasteiger partial charge >= 0.3 is 0 Å². The number of hydrogen-bond acceptors (Lipinski definition) is 4. The maximum atomic E-state index is 12.4. The first-order valence-electron chi connectivity index (χ1n) is 10.4. The van der Waals surface area contributed by atoms with Crippen molar-refractivity contribution in [3.8, 4) is 11.1 Å². The minimum absolute atomic E-state index is 0.0862. The van der Waals surface area contributed by atoms with Gasteiger partial charge in [0.2, 0.25) is 0 Å². The van der Waals surface area contributed by atoms with Crippen LogP contribution in [0.2, 0.25) is 0 Å². The van der Waals surface area contributed by atoms with E-state index in [0.29, 0.717) is 12.1 Å². The van der Waals surface area contributed by atoms with Crippen LogP contribution < -0.4 is 10.6 Å². The van der Waals surface area contributed by atoms with Crippen LogP contribution in [0.25, 0.3) is 11.1 Å². The zero-order valence-electron chi connectivity index (χ0n) is 18.6. The molecule has 3 aromatic rings. The van der Waals surface area contributed by atoms with Crippen molar-refractivity contribution in [1.29, 1.82) is 5.41 Å². The van der Waals surface area contributed by atoms with E-state index < -0.39 is 0 Å². The van der Waals surface area contributed by atoms with Gasteiger partial charge in [-0.25, -0.2) is 0 Å². The lowest BCUT2D eigenvalue weighted by molar-refractivity contribution is 0.0936. The van der Waals surface area contributed by atoms with E-state index in [1.54, 1.807) is 12.3 Å². The highest BCUT2D eigenvalue weighted by Gasteiger charge is 2.20. The highest BCUT2D eigenvalue weighted by molar-refractivity contribution is 5.93. The second-order valence-electron chi connectivity index (χ2n) is 8.61. The Morgan fingerprint density at radius 2 is 1.77 bits per heavy atom. The number of hydrogen-bond donors (Lipinski definition) is 3. The Balaban J connectivity index is 1.63. The van der Waals surface area contributed by atoms with Gasteiger partial charge < -0.3 is 16.0 Å². The summed E-state index contributed by atoms with van der Waals surface area (Å²) in [6, 6.07) is 18.2. The van der Waals surface area contributed by atoms with Crippen LogP contribution in [0.4, 0.5) is 5.69 Å². The molecule has 0 radical (unpaired) electrons. The molecular formula is C26H30N4O. The second-order valence-corrected chi connectivity index (χ2v) is 8.61. The van der Waals surface area contributed by atoms with Crippen molar-refractivity contribution in [2.45, 2.75) is 27.2 Å². The SMILES string of the molecule is CNc1ccc(-c2ccc(CC(C)(C)CNC(=O)c3ccc(C)nc3)cc2)cc1C=N. The molecule has 0 spiro atoms. The molecule has 2 aromatic carbocycles. The lowest BCUT2D eigenvalue weighted by Crippen LogP contribution is -2.35. The summed E-state index contributed by atoms with van der Waals surface area (Å²) in [5.41, 5.74) is 6.63. The number of carbonyl (C=O) groups excluding carboxylic acids is 1. The molecule has 31 heavy (non-hydrogen) atoms. The highest BCUT2D eigenvalue weighted by Crippen LogP contribution is 2.27. The molecule has 0 fully saturated rings. The summed E-state index contributed by atoms with van der Waals surface area (Å²) in [4.78, 5) is 16.6. The smallest absolute Gasteiger partial charge is 0.252 e. The molecule has 160 valence electrons. The highest BCUT2D eigenvalue weighted by atomic mass is 16.1. The second kappa shape index (κ2) is 9.56. The van der Waals surface area contributed by atoms with Gasteiger partial charge in [-0.1, -0.05) is 44.2 Å². The summed E-state index contributed by atoms with van der Waals surface area (Å²) in [6.45, 7) is 6.79. The zero-order chi connectivity index (χ0) is 22.4. The number of amides is 1. The van der Waals surface area contributed by atoms with Gasteiger partial charge in [-0.05, 0) is 59.7 Å². The van der Waals surface area contributed by atoms with Crippen LogP contribution in [-0.2, 0) is 6.42 Å². The molecule has 5 nitrogen and oxygen atoms in total. The molecule has 0 saturated heterocycles. The van der Waals surface area contributed by atoms with Gasteiger partial charge in [0.15, 0.2) is 0 Å². The number of pyridine rings is 1. The number of carbonyl (C=O) groups is 1. The number of anilines is 1. The Kier molecular flexibility index (Phi) is 6.85.